The summed E-state index contributed by atoms with van der Waals surface area (Å²) in [6, 6.07) is 1.79. The Morgan fingerprint density at radius 2 is 1.91 bits per heavy atom. The lowest BCUT2D eigenvalue weighted by Crippen LogP contribution is -2.51. The van der Waals surface area contributed by atoms with Crippen LogP contribution < -0.4 is 5.32 Å². The molecule has 122 valence electrons. The molecule has 1 aliphatic rings. The van der Waals surface area contributed by atoms with Crippen molar-refractivity contribution in [3.63, 3.8) is 0 Å². The predicted molar refractivity (Wildman–Crippen MR) is 83.8 cm³/mol. The Kier molecular flexibility index (Phi) is 5.60. The lowest BCUT2D eigenvalue weighted by Gasteiger charge is -2.34. The minimum absolute atomic E-state index is 0.0180. The fourth-order valence-corrected chi connectivity index (χ4v) is 2.65. The van der Waals surface area contributed by atoms with Crippen LogP contribution in [0.15, 0.2) is 10.5 Å². The maximum Gasteiger partial charge on any atom is 0.257 e. The third kappa shape index (κ3) is 4.10. The summed E-state index contributed by atoms with van der Waals surface area (Å²) in [4.78, 5) is 28.1. The molecule has 0 spiro atoms. The number of nitrogens with zero attached hydrogens (tertiary/aromatic N) is 2. The normalized spacial score (nSPS) is 15.9. The minimum atomic E-state index is 0.0180. The summed E-state index contributed by atoms with van der Waals surface area (Å²) < 4.78 is 5.43. The number of amides is 2. The van der Waals surface area contributed by atoms with Gasteiger partial charge in [0.05, 0.1) is 12.1 Å². The van der Waals surface area contributed by atoms with E-state index >= 15 is 0 Å². The van der Waals surface area contributed by atoms with Crippen molar-refractivity contribution in [2.45, 2.75) is 27.2 Å². The maximum absolute atomic E-state index is 12.5. The van der Waals surface area contributed by atoms with E-state index in [0.29, 0.717) is 31.0 Å². The second kappa shape index (κ2) is 7.45. The Bertz CT molecular complexity index is 531. The monoisotopic (exact) mass is 307 g/mol. The molecule has 0 radical (unpaired) electrons. The van der Waals surface area contributed by atoms with Crippen molar-refractivity contribution in [2.75, 3.05) is 39.3 Å². The quantitative estimate of drug-likeness (QED) is 0.887. The maximum atomic E-state index is 12.5. The van der Waals surface area contributed by atoms with Crippen LogP contribution in [-0.4, -0.2) is 60.9 Å². The number of hydrogen-bond donors (Lipinski definition) is 1. The van der Waals surface area contributed by atoms with E-state index in [1.807, 2.05) is 25.7 Å². The number of aryl methyl sites for hydroxylation is 2. The van der Waals surface area contributed by atoms with Gasteiger partial charge in [-0.15, -0.1) is 0 Å². The molecule has 1 fully saturated rings. The molecule has 1 aliphatic heterocycles. The topological polar surface area (TPSA) is 65.8 Å². The molecule has 0 unspecified atom stereocenters. The highest BCUT2D eigenvalue weighted by molar-refractivity contribution is 5.95. The Morgan fingerprint density at radius 1 is 1.23 bits per heavy atom. The average molecular weight is 307 g/mol. The van der Waals surface area contributed by atoms with Gasteiger partial charge in [-0.3, -0.25) is 14.5 Å². The highest BCUT2D eigenvalue weighted by Gasteiger charge is 2.25. The number of hydrogen-bond acceptors (Lipinski definition) is 4. The first-order valence-electron chi connectivity index (χ1n) is 7.86. The van der Waals surface area contributed by atoms with Crippen LogP contribution in [0.4, 0.5) is 0 Å². The van der Waals surface area contributed by atoms with Gasteiger partial charge in [-0.1, -0.05) is 6.92 Å². The van der Waals surface area contributed by atoms with Crippen LogP contribution in [-0.2, 0) is 4.79 Å². The molecule has 0 atom stereocenters. The van der Waals surface area contributed by atoms with Crippen LogP contribution in [0.1, 0.15) is 35.2 Å². The zero-order chi connectivity index (χ0) is 16.1. The highest BCUT2D eigenvalue weighted by Crippen LogP contribution is 2.17. The SMILES string of the molecule is CCCNC(=O)CN1CCN(C(=O)c2cc(C)oc2C)CC1. The minimum Gasteiger partial charge on any atom is -0.466 e. The van der Waals surface area contributed by atoms with Crippen molar-refractivity contribution in [3.8, 4) is 0 Å². The van der Waals surface area contributed by atoms with Crippen molar-refractivity contribution >= 4 is 11.8 Å². The standard InChI is InChI=1S/C16H25N3O3/c1-4-5-17-15(20)11-18-6-8-19(9-7-18)16(21)14-10-12(2)22-13(14)3/h10H,4-9,11H2,1-3H3,(H,17,20). The molecular weight excluding hydrogens is 282 g/mol. The van der Waals surface area contributed by atoms with E-state index in [1.54, 1.807) is 6.07 Å². The van der Waals surface area contributed by atoms with Crippen LogP contribution in [0.25, 0.3) is 0 Å². The fourth-order valence-electron chi connectivity index (χ4n) is 2.65. The van der Waals surface area contributed by atoms with E-state index in [4.69, 9.17) is 4.42 Å². The molecule has 1 aromatic heterocycles. The van der Waals surface area contributed by atoms with Crippen LogP contribution in [0.5, 0.6) is 0 Å². The van der Waals surface area contributed by atoms with Gasteiger partial charge in [0, 0.05) is 32.7 Å². The predicted octanol–water partition coefficient (Wildman–Crippen LogP) is 1.18. The second-order valence-electron chi connectivity index (χ2n) is 5.75. The lowest BCUT2D eigenvalue weighted by atomic mass is 10.2. The molecule has 0 saturated carbocycles. The zero-order valence-corrected chi connectivity index (χ0v) is 13.6. The number of rotatable bonds is 5. The molecule has 1 N–H and O–H groups in total. The Balaban J connectivity index is 1.83. The van der Waals surface area contributed by atoms with Crippen LogP contribution in [0.3, 0.4) is 0 Å². The van der Waals surface area contributed by atoms with E-state index in [1.165, 1.54) is 0 Å². The summed E-state index contributed by atoms with van der Waals surface area (Å²) in [5.74, 6) is 1.50. The summed E-state index contributed by atoms with van der Waals surface area (Å²) in [7, 11) is 0. The van der Waals surface area contributed by atoms with Crippen molar-refractivity contribution in [3.05, 3.63) is 23.2 Å². The van der Waals surface area contributed by atoms with E-state index in [2.05, 4.69) is 10.2 Å². The molecule has 22 heavy (non-hydrogen) atoms. The van der Waals surface area contributed by atoms with Gasteiger partial charge in [-0.2, -0.15) is 0 Å². The molecule has 6 heteroatoms. The summed E-state index contributed by atoms with van der Waals surface area (Å²) in [6.07, 6.45) is 0.942. The van der Waals surface area contributed by atoms with E-state index in [-0.39, 0.29) is 11.8 Å². The summed E-state index contributed by atoms with van der Waals surface area (Å²) in [6.45, 7) is 9.55. The first-order chi connectivity index (χ1) is 10.5. The molecule has 0 aromatic carbocycles. The Hall–Kier alpha value is -1.82. The van der Waals surface area contributed by atoms with Crippen molar-refractivity contribution < 1.29 is 14.0 Å². The number of carbonyl (C=O) groups excluding carboxylic acids is 2. The third-order valence-electron chi connectivity index (χ3n) is 3.87. The molecule has 1 saturated heterocycles. The molecule has 1 aromatic rings. The van der Waals surface area contributed by atoms with E-state index < -0.39 is 0 Å². The second-order valence-corrected chi connectivity index (χ2v) is 5.75. The van der Waals surface area contributed by atoms with Gasteiger partial charge in [-0.25, -0.2) is 0 Å². The Morgan fingerprint density at radius 3 is 2.45 bits per heavy atom. The molecule has 0 bridgehead atoms. The van der Waals surface area contributed by atoms with Gasteiger partial charge in [0.2, 0.25) is 5.91 Å². The van der Waals surface area contributed by atoms with Gasteiger partial charge >= 0.3 is 0 Å². The fraction of sp³-hybridized carbons (Fsp3) is 0.625. The first-order valence-corrected chi connectivity index (χ1v) is 7.86. The van der Waals surface area contributed by atoms with Crippen molar-refractivity contribution in [2.24, 2.45) is 0 Å². The van der Waals surface area contributed by atoms with Crippen molar-refractivity contribution in [1.82, 2.24) is 15.1 Å². The van der Waals surface area contributed by atoms with Gasteiger partial charge in [0.1, 0.15) is 11.5 Å². The third-order valence-corrected chi connectivity index (χ3v) is 3.87. The van der Waals surface area contributed by atoms with Gasteiger partial charge < -0.3 is 14.6 Å². The van der Waals surface area contributed by atoms with Gasteiger partial charge in [-0.05, 0) is 26.3 Å². The summed E-state index contributed by atoms with van der Waals surface area (Å²) >= 11 is 0. The van der Waals surface area contributed by atoms with Gasteiger partial charge in [0.25, 0.3) is 5.91 Å². The molecule has 2 amide bonds. The van der Waals surface area contributed by atoms with Gasteiger partial charge in [0.15, 0.2) is 0 Å². The number of carbonyl (C=O) groups is 2. The van der Waals surface area contributed by atoms with Crippen LogP contribution in [0, 0.1) is 13.8 Å². The molecule has 6 nitrogen and oxygen atoms in total. The number of nitrogens with one attached hydrogen (secondary N) is 1. The lowest BCUT2D eigenvalue weighted by molar-refractivity contribution is -0.122. The first kappa shape index (κ1) is 16.5. The van der Waals surface area contributed by atoms with E-state index in [0.717, 1.165) is 31.8 Å². The van der Waals surface area contributed by atoms with Crippen molar-refractivity contribution in [1.29, 1.82) is 0 Å². The zero-order valence-electron chi connectivity index (χ0n) is 13.6. The Labute approximate surface area is 131 Å². The molecule has 2 rings (SSSR count). The largest absolute Gasteiger partial charge is 0.466 e. The summed E-state index contributed by atoms with van der Waals surface area (Å²) in [5, 5.41) is 2.88. The average Bonchev–Trinajstić information content (AvgIpc) is 2.84. The van der Waals surface area contributed by atoms with E-state index in [9.17, 15) is 9.59 Å². The smallest absolute Gasteiger partial charge is 0.257 e. The van der Waals surface area contributed by atoms with Crippen LogP contribution >= 0.6 is 0 Å². The highest BCUT2D eigenvalue weighted by atomic mass is 16.3. The molecular formula is C16H25N3O3. The summed E-state index contributed by atoms with van der Waals surface area (Å²) in [5.41, 5.74) is 0.645. The molecule has 0 aliphatic carbocycles. The molecule has 2 heterocycles. The van der Waals surface area contributed by atoms with Crippen LogP contribution in [0.2, 0.25) is 0 Å². The number of furan rings is 1. The number of piperazine rings is 1.